The highest BCUT2D eigenvalue weighted by Crippen LogP contribution is 2.29. The summed E-state index contributed by atoms with van der Waals surface area (Å²) in [7, 11) is 0. The summed E-state index contributed by atoms with van der Waals surface area (Å²) in [6.07, 6.45) is 6.49. The van der Waals surface area contributed by atoms with E-state index in [1.165, 1.54) is 24.1 Å². The van der Waals surface area contributed by atoms with Crippen molar-refractivity contribution in [2.75, 3.05) is 24.6 Å². The van der Waals surface area contributed by atoms with Crippen molar-refractivity contribution >= 4 is 5.82 Å². The lowest BCUT2D eigenvalue weighted by Crippen LogP contribution is -2.36. The van der Waals surface area contributed by atoms with Crippen molar-refractivity contribution in [3.63, 3.8) is 0 Å². The number of aliphatic hydroxyl groups excluding tert-OH is 1. The predicted molar refractivity (Wildman–Crippen MR) is 77.6 cm³/mol. The van der Waals surface area contributed by atoms with Crippen LogP contribution in [0.4, 0.5) is 5.82 Å². The van der Waals surface area contributed by atoms with Gasteiger partial charge in [-0.05, 0) is 56.1 Å². The Morgan fingerprint density at radius 2 is 2.05 bits per heavy atom. The smallest absolute Gasteiger partial charge is 0.146 e. The molecule has 20 heavy (non-hydrogen) atoms. The Morgan fingerprint density at radius 1 is 1.30 bits per heavy atom. The Bertz CT molecular complexity index is 527. The van der Waals surface area contributed by atoms with Crippen molar-refractivity contribution in [3.8, 4) is 6.07 Å². The molecule has 1 aromatic heterocycles. The molecule has 2 aliphatic rings. The molecule has 1 aromatic rings. The lowest BCUT2D eigenvalue weighted by atomic mass is 9.94. The molecule has 0 amide bonds. The van der Waals surface area contributed by atoms with Crippen molar-refractivity contribution in [1.29, 1.82) is 5.26 Å². The van der Waals surface area contributed by atoms with Crippen LogP contribution < -0.4 is 4.90 Å². The first kappa shape index (κ1) is 13.4. The second-order valence-electron chi connectivity index (χ2n) is 5.90. The van der Waals surface area contributed by atoms with Crippen LogP contribution in [0.1, 0.15) is 42.5 Å². The fourth-order valence-corrected chi connectivity index (χ4v) is 3.27. The molecule has 2 heterocycles. The molecule has 0 aromatic carbocycles. The molecule has 1 aliphatic carbocycles. The maximum absolute atomic E-state index is 9.39. The highest BCUT2D eigenvalue weighted by Gasteiger charge is 2.23. The molecule has 1 aliphatic heterocycles. The molecule has 1 N–H and O–H groups in total. The van der Waals surface area contributed by atoms with E-state index < -0.39 is 0 Å². The number of aryl methyl sites for hydroxylation is 2. The number of nitriles is 1. The van der Waals surface area contributed by atoms with E-state index in [9.17, 15) is 10.4 Å². The number of fused-ring (bicyclic) bond motifs is 1. The van der Waals surface area contributed by atoms with Crippen LogP contribution in [-0.4, -0.2) is 29.8 Å². The van der Waals surface area contributed by atoms with Gasteiger partial charge in [0.05, 0.1) is 5.56 Å². The number of anilines is 1. The van der Waals surface area contributed by atoms with E-state index in [0.29, 0.717) is 11.5 Å². The monoisotopic (exact) mass is 271 g/mol. The summed E-state index contributed by atoms with van der Waals surface area (Å²) in [5, 5.41) is 18.6. The van der Waals surface area contributed by atoms with Crippen molar-refractivity contribution in [1.82, 2.24) is 4.98 Å². The van der Waals surface area contributed by atoms with E-state index in [-0.39, 0.29) is 6.61 Å². The van der Waals surface area contributed by atoms with Crippen molar-refractivity contribution in [2.24, 2.45) is 5.92 Å². The number of aromatic nitrogens is 1. The zero-order chi connectivity index (χ0) is 13.9. The highest BCUT2D eigenvalue weighted by atomic mass is 16.3. The van der Waals surface area contributed by atoms with Gasteiger partial charge in [0.15, 0.2) is 0 Å². The molecule has 1 saturated heterocycles. The highest BCUT2D eigenvalue weighted by molar-refractivity contribution is 5.56. The molecule has 0 saturated carbocycles. The molecule has 106 valence electrons. The number of hydrogen-bond acceptors (Lipinski definition) is 4. The molecular formula is C16H21N3O. The Balaban J connectivity index is 1.87. The first-order chi connectivity index (χ1) is 9.81. The van der Waals surface area contributed by atoms with Gasteiger partial charge in [-0.15, -0.1) is 0 Å². The van der Waals surface area contributed by atoms with Crippen LogP contribution in [-0.2, 0) is 12.8 Å². The van der Waals surface area contributed by atoms with Crippen LogP contribution in [0.3, 0.4) is 0 Å². The van der Waals surface area contributed by atoms with Crippen molar-refractivity contribution in [3.05, 3.63) is 22.9 Å². The Labute approximate surface area is 120 Å². The lowest BCUT2D eigenvalue weighted by molar-refractivity contribution is 0.202. The van der Waals surface area contributed by atoms with Gasteiger partial charge in [0, 0.05) is 25.4 Å². The van der Waals surface area contributed by atoms with Crippen LogP contribution in [0.15, 0.2) is 6.07 Å². The van der Waals surface area contributed by atoms with Crippen LogP contribution in [0.2, 0.25) is 0 Å². The second kappa shape index (κ2) is 5.80. The minimum absolute atomic E-state index is 0.274. The summed E-state index contributed by atoms with van der Waals surface area (Å²) >= 11 is 0. The summed E-state index contributed by atoms with van der Waals surface area (Å²) < 4.78 is 0. The van der Waals surface area contributed by atoms with Crippen LogP contribution in [0, 0.1) is 17.2 Å². The van der Waals surface area contributed by atoms with E-state index in [0.717, 1.165) is 44.6 Å². The molecule has 1 fully saturated rings. The number of nitrogens with zero attached hydrogens (tertiary/aromatic N) is 3. The molecule has 0 atom stereocenters. The molecule has 4 nitrogen and oxygen atoms in total. The number of pyridine rings is 1. The fraction of sp³-hybridized carbons (Fsp3) is 0.625. The second-order valence-corrected chi connectivity index (χ2v) is 5.90. The van der Waals surface area contributed by atoms with Crippen LogP contribution in [0.25, 0.3) is 0 Å². The summed E-state index contributed by atoms with van der Waals surface area (Å²) in [5.41, 5.74) is 3.17. The van der Waals surface area contributed by atoms with Gasteiger partial charge >= 0.3 is 0 Å². The molecule has 0 radical (unpaired) electrons. The summed E-state index contributed by atoms with van der Waals surface area (Å²) in [6, 6.07) is 4.37. The third-order valence-electron chi connectivity index (χ3n) is 4.57. The van der Waals surface area contributed by atoms with Crippen LogP contribution >= 0.6 is 0 Å². The average Bonchev–Trinajstić information content (AvgIpc) is 2.53. The lowest BCUT2D eigenvalue weighted by Gasteiger charge is -2.33. The van der Waals surface area contributed by atoms with E-state index in [1.54, 1.807) is 0 Å². The fourth-order valence-electron chi connectivity index (χ4n) is 3.27. The molecular weight excluding hydrogens is 250 g/mol. The minimum Gasteiger partial charge on any atom is -0.396 e. The summed E-state index contributed by atoms with van der Waals surface area (Å²) in [5.74, 6) is 1.28. The SMILES string of the molecule is N#Cc1cc2c(nc1N1CCC(CO)CC1)CCCC2. The number of aliphatic hydroxyl groups is 1. The third kappa shape index (κ3) is 2.51. The van der Waals surface area contributed by atoms with Gasteiger partial charge in [-0.1, -0.05) is 0 Å². The third-order valence-corrected chi connectivity index (χ3v) is 4.57. The minimum atomic E-state index is 0.274. The Morgan fingerprint density at radius 3 is 2.75 bits per heavy atom. The maximum atomic E-state index is 9.39. The average molecular weight is 271 g/mol. The predicted octanol–water partition coefficient (Wildman–Crippen LogP) is 2.04. The summed E-state index contributed by atoms with van der Waals surface area (Å²) in [4.78, 5) is 7.02. The van der Waals surface area contributed by atoms with Gasteiger partial charge in [0.1, 0.15) is 11.9 Å². The standard InChI is InChI=1S/C16H21N3O/c17-10-14-9-13-3-1-2-4-15(13)18-16(14)19-7-5-12(11-20)6-8-19/h9,12,20H,1-8,11H2. The Kier molecular flexibility index (Phi) is 3.88. The summed E-state index contributed by atoms with van der Waals surface area (Å²) in [6.45, 7) is 2.06. The van der Waals surface area contributed by atoms with Crippen molar-refractivity contribution in [2.45, 2.75) is 38.5 Å². The molecule has 0 spiro atoms. The van der Waals surface area contributed by atoms with Gasteiger partial charge in [0.25, 0.3) is 0 Å². The van der Waals surface area contributed by atoms with E-state index in [2.05, 4.69) is 17.0 Å². The largest absolute Gasteiger partial charge is 0.396 e. The van der Waals surface area contributed by atoms with E-state index in [1.807, 2.05) is 0 Å². The molecule has 0 unspecified atom stereocenters. The number of rotatable bonds is 2. The first-order valence-electron chi connectivity index (χ1n) is 7.60. The zero-order valence-corrected chi connectivity index (χ0v) is 11.8. The number of hydrogen-bond donors (Lipinski definition) is 1. The van der Waals surface area contributed by atoms with E-state index in [4.69, 9.17) is 4.98 Å². The topological polar surface area (TPSA) is 60.2 Å². The van der Waals surface area contributed by atoms with Gasteiger partial charge in [-0.25, -0.2) is 4.98 Å². The van der Waals surface area contributed by atoms with Gasteiger partial charge in [-0.3, -0.25) is 0 Å². The normalized spacial score (nSPS) is 19.5. The van der Waals surface area contributed by atoms with Gasteiger partial charge in [0.2, 0.25) is 0 Å². The first-order valence-corrected chi connectivity index (χ1v) is 7.60. The maximum Gasteiger partial charge on any atom is 0.146 e. The van der Waals surface area contributed by atoms with E-state index >= 15 is 0 Å². The quantitative estimate of drug-likeness (QED) is 0.894. The number of piperidine rings is 1. The Hall–Kier alpha value is -1.60. The van der Waals surface area contributed by atoms with Gasteiger partial charge < -0.3 is 10.0 Å². The zero-order valence-electron chi connectivity index (χ0n) is 11.8. The molecule has 3 rings (SSSR count). The van der Waals surface area contributed by atoms with Crippen LogP contribution in [0.5, 0.6) is 0 Å². The molecule has 4 heteroatoms. The van der Waals surface area contributed by atoms with Gasteiger partial charge in [-0.2, -0.15) is 5.26 Å². The molecule has 0 bridgehead atoms. The van der Waals surface area contributed by atoms with Crippen molar-refractivity contribution < 1.29 is 5.11 Å².